The van der Waals surface area contributed by atoms with Crippen molar-refractivity contribution in [2.45, 2.75) is 25.7 Å². The first-order valence-corrected chi connectivity index (χ1v) is 11.3. The van der Waals surface area contributed by atoms with Crippen molar-refractivity contribution in [2.75, 3.05) is 7.11 Å². The van der Waals surface area contributed by atoms with Crippen molar-refractivity contribution in [3.8, 4) is 5.75 Å². The number of aryl methyl sites for hydroxylation is 4. The maximum absolute atomic E-state index is 5.69. The number of rotatable bonds is 4. The van der Waals surface area contributed by atoms with Gasteiger partial charge in [-0.3, -0.25) is 0 Å². The standard InChI is InChI=1S/C30H27NO/c1-32-29-21-23-13-12-22-14-16-24(18-19-25(29)17-15-23)28(20-22)31-30(26-8-4-2-5-9-26)27-10-6-3-7-11-27/h2-11,14-17,20-21H,12-13,18-19H2,1H3. The van der Waals surface area contributed by atoms with Crippen LogP contribution in [0.5, 0.6) is 5.75 Å². The fraction of sp³-hybridized carbons (Fsp3) is 0.167. The predicted molar refractivity (Wildman–Crippen MR) is 132 cm³/mol. The van der Waals surface area contributed by atoms with Crippen LogP contribution in [0.2, 0.25) is 0 Å². The van der Waals surface area contributed by atoms with Gasteiger partial charge < -0.3 is 4.74 Å². The lowest BCUT2D eigenvalue weighted by Gasteiger charge is -2.16. The van der Waals surface area contributed by atoms with Gasteiger partial charge in [-0.2, -0.15) is 0 Å². The minimum atomic E-state index is 0.922. The van der Waals surface area contributed by atoms with E-state index in [1.54, 1.807) is 7.11 Å². The predicted octanol–water partition coefficient (Wildman–Crippen LogP) is 6.75. The Hall–Kier alpha value is -3.65. The van der Waals surface area contributed by atoms with Gasteiger partial charge in [0, 0.05) is 11.1 Å². The van der Waals surface area contributed by atoms with E-state index in [1.165, 1.54) is 22.3 Å². The second-order valence-electron chi connectivity index (χ2n) is 8.30. The molecule has 0 saturated carbocycles. The molecule has 0 spiro atoms. The highest BCUT2D eigenvalue weighted by molar-refractivity contribution is 6.14. The molecular weight excluding hydrogens is 390 g/mol. The second-order valence-corrected chi connectivity index (χ2v) is 8.30. The van der Waals surface area contributed by atoms with Gasteiger partial charge in [0.15, 0.2) is 0 Å². The molecule has 32 heavy (non-hydrogen) atoms. The third-order valence-corrected chi connectivity index (χ3v) is 6.19. The van der Waals surface area contributed by atoms with Gasteiger partial charge in [-0.25, -0.2) is 4.99 Å². The van der Waals surface area contributed by atoms with E-state index in [1.807, 2.05) is 0 Å². The average Bonchev–Trinajstić information content (AvgIpc) is 2.85. The molecule has 8 rings (SSSR count). The largest absolute Gasteiger partial charge is 0.496 e. The summed E-state index contributed by atoms with van der Waals surface area (Å²) < 4.78 is 5.69. The number of ether oxygens (including phenoxy) is 1. The third-order valence-electron chi connectivity index (χ3n) is 6.19. The monoisotopic (exact) mass is 417 g/mol. The molecule has 0 aromatic heterocycles. The van der Waals surface area contributed by atoms with Gasteiger partial charge in [0.2, 0.25) is 0 Å². The summed E-state index contributed by atoms with van der Waals surface area (Å²) in [4.78, 5) is 5.28. The number of aliphatic imine (C=N–C) groups is 1. The zero-order valence-electron chi connectivity index (χ0n) is 18.4. The van der Waals surface area contributed by atoms with Crippen molar-refractivity contribution in [3.63, 3.8) is 0 Å². The minimum Gasteiger partial charge on any atom is -0.496 e. The molecule has 0 amide bonds. The van der Waals surface area contributed by atoms with Crippen LogP contribution in [-0.2, 0) is 25.7 Å². The zero-order chi connectivity index (χ0) is 21.8. The van der Waals surface area contributed by atoms with E-state index < -0.39 is 0 Å². The van der Waals surface area contributed by atoms with E-state index in [0.717, 1.165) is 54.0 Å². The van der Waals surface area contributed by atoms with Crippen LogP contribution < -0.4 is 4.74 Å². The molecule has 0 unspecified atom stereocenters. The molecular formula is C30H27NO. The number of benzene rings is 4. The van der Waals surface area contributed by atoms with E-state index in [-0.39, 0.29) is 0 Å². The molecule has 0 radical (unpaired) electrons. The van der Waals surface area contributed by atoms with Crippen LogP contribution in [0.15, 0.2) is 102 Å². The molecule has 4 aliphatic carbocycles. The number of hydrogen-bond donors (Lipinski definition) is 0. The molecule has 158 valence electrons. The summed E-state index contributed by atoms with van der Waals surface area (Å²) in [6, 6.07) is 34.4. The van der Waals surface area contributed by atoms with Crippen molar-refractivity contribution in [3.05, 3.63) is 130 Å². The SMILES string of the molecule is COc1cc2ccc1CCc1ccc(cc1N=C(c1ccccc1)c1ccccc1)CC2. The molecule has 0 aliphatic heterocycles. The highest BCUT2D eigenvalue weighted by Crippen LogP contribution is 2.30. The van der Waals surface area contributed by atoms with Gasteiger partial charge in [-0.15, -0.1) is 0 Å². The van der Waals surface area contributed by atoms with Gasteiger partial charge >= 0.3 is 0 Å². The molecule has 0 N–H and O–H groups in total. The lowest BCUT2D eigenvalue weighted by Crippen LogP contribution is -2.04. The first-order chi connectivity index (χ1) is 15.8. The molecule has 0 saturated heterocycles. The second kappa shape index (κ2) is 9.23. The van der Waals surface area contributed by atoms with Crippen molar-refractivity contribution < 1.29 is 4.74 Å². The molecule has 0 fully saturated rings. The zero-order valence-corrected chi connectivity index (χ0v) is 18.4. The van der Waals surface area contributed by atoms with Crippen LogP contribution in [-0.4, -0.2) is 12.8 Å². The number of hydrogen-bond acceptors (Lipinski definition) is 2. The van der Waals surface area contributed by atoms with Gasteiger partial charge in [0.1, 0.15) is 5.75 Å². The normalized spacial score (nSPS) is 12.7. The van der Waals surface area contributed by atoms with Gasteiger partial charge in [-0.05, 0) is 60.1 Å². The molecule has 4 aliphatic rings. The van der Waals surface area contributed by atoms with Crippen LogP contribution in [0.1, 0.15) is 33.4 Å². The van der Waals surface area contributed by atoms with E-state index in [0.29, 0.717) is 0 Å². The Balaban J connectivity index is 1.61. The Bertz CT molecular complexity index is 1200. The summed E-state index contributed by atoms with van der Waals surface area (Å²) in [5.74, 6) is 0.997. The van der Waals surface area contributed by atoms with E-state index in [2.05, 4.69) is 97.1 Å². The summed E-state index contributed by atoms with van der Waals surface area (Å²) in [5.41, 5.74) is 9.50. The van der Waals surface area contributed by atoms with Crippen LogP contribution in [0.4, 0.5) is 5.69 Å². The lowest BCUT2D eigenvalue weighted by atomic mass is 9.94. The Kier molecular flexibility index (Phi) is 5.85. The summed E-state index contributed by atoms with van der Waals surface area (Å²) in [5, 5.41) is 0. The molecule has 2 nitrogen and oxygen atoms in total. The van der Waals surface area contributed by atoms with Crippen LogP contribution in [0.25, 0.3) is 0 Å². The van der Waals surface area contributed by atoms with E-state index in [4.69, 9.17) is 9.73 Å². The fourth-order valence-electron chi connectivity index (χ4n) is 4.40. The average molecular weight is 418 g/mol. The van der Waals surface area contributed by atoms with Gasteiger partial charge in [0.05, 0.1) is 18.5 Å². The highest BCUT2D eigenvalue weighted by atomic mass is 16.5. The third kappa shape index (κ3) is 4.36. The summed E-state index contributed by atoms with van der Waals surface area (Å²) in [6.45, 7) is 0. The van der Waals surface area contributed by atoms with Crippen molar-refractivity contribution >= 4 is 11.4 Å². The first kappa shape index (κ1) is 20.3. The van der Waals surface area contributed by atoms with Crippen LogP contribution >= 0.6 is 0 Å². The van der Waals surface area contributed by atoms with Crippen molar-refractivity contribution in [1.82, 2.24) is 0 Å². The summed E-state index contributed by atoms with van der Waals surface area (Å²) in [6.07, 6.45) is 3.82. The number of nitrogens with zero attached hydrogens (tertiary/aromatic N) is 1. The minimum absolute atomic E-state index is 0.922. The highest BCUT2D eigenvalue weighted by Gasteiger charge is 2.13. The first-order valence-electron chi connectivity index (χ1n) is 11.3. The van der Waals surface area contributed by atoms with Crippen LogP contribution in [0.3, 0.4) is 0 Å². The Morgan fingerprint density at radius 3 is 1.81 bits per heavy atom. The Labute approximate surface area is 190 Å². The van der Waals surface area contributed by atoms with E-state index in [9.17, 15) is 0 Å². The van der Waals surface area contributed by atoms with Crippen molar-refractivity contribution in [2.24, 2.45) is 4.99 Å². The lowest BCUT2D eigenvalue weighted by molar-refractivity contribution is 0.409. The van der Waals surface area contributed by atoms with Crippen molar-refractivity contribution in [1.29, 1.82) is 0 Å². The Morgan fingerprint density at radius 1 is 0.625 bits per heavy atom. The summed E-state index contributed by atoms with van der Waals surface area (Å²) in [7, 11) is 1.77. The van der Waals surface area contributed by atoms with Gasteiger partial charge in [0.25, 0.3) is 0 Å². The number of methoxy groups -OCH3 is 1. The molecule has 4 aromatic rings. The maximum atomic E-state index is 5.69. The fourth-order valence-corrected chi connectivity index (χ4v) is 4.40. The quantitative estimate of drug-likeness (QED) is 0.337. The maximum Gasteiger partial charge on any atom is 0.122 e. The van der Waals surface area contributed by atoms with E-state index >= 15 is 0 Å². The Morgan fingerprint density at radius 2 is 1.19 bits per heavy atom. The smallest absolute Gasteiger partial charge is 0.122 e. The van der Waals surface area contributed by atoms with Gasteiger partial charge in [-0.1, -0.05) is 84.9 Å². The van der Waals surface area contributed by atoms with Crippen LogP contribution in [0, 0.1) is 0 Å². The molecule has 0 heterocycles. The molecule has 4 aromatic carbocycles. The molecule has 2 heteroatoms. The summed E-state index contributed by atoms with van der Waals surface area (Å²) >= 11 is 0. The molecule has 4 bridgehead atoms. The topological polar surface area (TPSA) is 21.6 Å². The molecule has 0 atom stereocenters.